The SMILES string of the molecule is CCCCCCCCOCC(C=CC(=O)N(C)C)(C=CC(=O)N(C)C)CCCCCOCCCC. The summed E-state index contributed by atoms with van der Waals surface area (Å²) in [5.41, 5.74) is -0.497. The van der Waals surface area contributed by atoms with Crippen molar-refractivity contribution in [3.63, 3.8) is 0 Å². The maximum absolute atomic E-state index is 12.3. The van der Waals surface area contributed by atoms with E-state index in [1.54, 1.807) is 50.1 Å². The molecule has 204 valence electrons. The molecule has 0 aromatic heterocycles. The molecule has 0 heterocycles. The van der Waals surface area contributed by atoms with E-state index in [4.69, 9.17) is 9.47 Å². The third-order valence-electron chi connectivity index (χ3n) is 6.08. The molecule has 0 aromatic carbocycles. The lowest BCUT2D eigenvalue weighted by Crippen LogP contribution is -2.27. The summed E-state index contributed by atoms with van der Waals surface area (Å²) < 4.78 is 11.8. The van der Waals surface area contributed by atoms with Gasteiger partial charge in [0.15, 0.2) is 0 Å². The minimum Gasteiger partial charge on any atom is -0.381 e. The van der Waals surface area contributed by atoms with Gasteiger partial charge in [-0.1, -0.05) is 77.4 Å². The second kappa shape index (κ2) is 21.6. The first-order valence-corrected chi connectivity index (χ1v) is 13.7. The summed E-state index contributed by atoms with van der Waals surface area (Å²) in [4.78, 5) is 27.8. The first-order chi connectivity index (χ1) is 16.8. The van der Waals surface area contributed by atoms with E-state index in [2.05, 4.69) is 13.8 Å². The molecule has 0 aliphatic carbocycles. The summed E-state index contributed by atoms with van der Waals surface area (Å²) in [6, 6.07) is 0. The molecule has 0 aromatic rings. The van der Waals surface area contributed by atoms with Crippen LogP contribution in [0.2, 0.25) is 0 Å². The number of ether oxygens (including phenoxy) is 2. The molecule has 0 rings (SSSR count). The molecule has 0 aliphatic rings. The van der Waals surface area contributed by atoms with Gasteiger partial charge in [0.05, 0.1) is 6.61 Å². The summed E-state index contributed by atoms with van der Waals surface area (Å²) in [6.45, 7) is 7.17. The molecular weight excluding hydrogens is 440 g/mol. The van der Waals surface area contributed by atoms with Gasteiger partial charge in [0, 0.05) is 65.6 Å². The molecule has 0 saturated carbocycles. The minimum atomic E-state index is -0.497. The summed E-state index contributed by atoms with van der Waals surface area (Å²) in [5, 5.41) is 0. The van der Waals surface area contributed by atoms with E-state index in [9.17, 15) is 9.59 Å². The normalized spacial score (nSPS) is 13.4. The average molecular weight is 495 g/mol. The zero-order chi connectivity index (χ0) is 26.4. The van der Waals surface area contributed by atoms with Crippen molar-refractivity contribution in [2.75, 3.05) is 54.6 Å². The molecule has 0 bridgehead atoms. The fourth-order valence-electron chi connectivity index (χ4n) is 3.59. The van der Waals surface area contributed by atoms with Crippen molar-refractivity contribution in [2.24, 2.45) is 5.41 Å². The van der Waals surface area contributed by atoms with Crippen LogP contribution in [0.4, 0.5) is 0 Å². The van der Waals surface area contributed by atoms with Crippen LogP contribution in [0, 0.1) is 5.41 Å². The van der Waals surface area contributed by atoms with Gasteiger partial charge < -0.3 is 19.3 Å². The predicted octanol–water partition coefficient (Wildman–Crippen LogP) is 6.02. The number of carbonyl (C=O) groups is 2. The number of unbranched alkanes of at least 4 members (excludes halogenated alkanes) is 8. The number of rotatable bonds is 22. The highest BCUT2D eigenvalue weighted by molar-refractivity contribution is 5.88. The second-order valence-corrected chi connectivity index (χ2v) is 9.96. The molecule has 0 fully saturated rings. The van der Waals surface area contributed by atoms with Crippen LogP contribution in [0.25, 0.3) is 0 Å². The lowest BCUT2D eigenvalue weighted by Gasteiger charge is -2.28. The standard InChI is InChI=1S/C29H54N2O4/c1-7-9-11-12-13-16-25-35-26-29(21-18-27(32)30(3)4,22-19-28(33)31(5)6)20-15-14-17-24-34-23-10-8-2/h18-19,21-22H,7-17,20,23-26H2,1-6H3. The van der Waals surface area contributed by atoms with Crippen LogP contribution in [0.1, 0.15) is 90.9 Å². The van der Waals surface area contributed by atoms with Gasteiger partial charge in [0.1, 0.15) is 0 Å². The second-order valence-electron chi connectivity index (χ2n) is 9.96. The van der Waals surface area contributed by atoms with Crippen molar-refractivity contribution in [3.05, 3.63) is 24.3 Å². The Labute approximate surface area is 216 Å². The summed E-state index contributed by atoms with van der Waals surface area (Å²) in [7, 11) is 6.97. The molecule has 0 N–H and O–H groups in total. The smallest absolute Gasteiger partial charge is 0.245 e. The Morgan fingerprint density at radius 2 is 1.09 bits per heavy atom. The lowest BCUT2D eigenvalue weighted by molar-refractivity contribution is -0.124. The van der Waals surface area contributed by atoms with Crippen molar-refractivity contribution < 1.29 is 19.1 Å². The van der Waals surface area contributed by atoms with Crippen molar-refractivity contribution in [3.8, 4) is 0 Å². The van der Waals surface area contributed by atoms with Gasteiger partial charge in [-0.15, -0.1) is 0 Å². The predicted molar refractivity (Wildman–Crippen MR) is 146 cm³/mol. The zero-order valence-corrected chi connectivity index (χ0v) is 23.7. The van der Waals surface area contributed by atoms with Crippen LogP contribution in [0.5, 0.6) is 0 Å². The highest BCUT2D eigenvalue weighted by Crippen LogP contribution is 2.30. The van der Waals surface area contributed by atoms with Crippen LogP contribution >= 0.6 is 0 Å². The Kier molecular flexibility index (Phi) is 20.6. The van der Waals surface area contributed by atoms with E-state index in [1.807, 2.05) is 12.2 Å². The van der Waals surface area contributed by atoms with Gasteiger partial charge in [0.2, 0.25) is 11.8 Å². The summed E-state index contributed by atoms with van der Waals surface area (Å²) in [5.74, 6) is -0.135. The summed E-state index contributed by atoms with van der Waals surface area (Å²) in [6.07, 6.45) is 20.5. The van der Waals surface area contributed by atoms with Crippen LogP contribution in [-0.4, -0.2) is 76.2 Å². The monoisotopic (exact) mass is 494 g/mol. The van der Waals surface area contributed by atoms with E-state index in [0.29, 0.717) is 13.2 Å². The number of likely N-dealkylation sites (N-methyl/N-ethyl adjacent to an activating group) is 2. The van der Waals surface area contributed by atoms with E-state index in [0.717, 1.165) is 58.2 Å². The number of amides is 2. The summed E-state index contributed by atoms with van der Waals surface area (Å²) >= 11 is 0. The third-order valence-corrected chi connectivity index (χ3v) is 6.08. The Bertz CT molecular complexity index is 547. The van der Waals surface area contributed by atoms with Gasteiger partial charge in [-0.25, -0.2) is 0 Å². The Hall–Kier alpha value is -1.66. The van der Waals surface area contributed by atoms with Crippen molar-refractivity contribution >= 4 is 11.8 Å². The Morgan fingerprint density at radius 3 is 1.63 bits per heavy atom. The van der Waals surface area contributed by atoms with Crippen molar-refractivity contribution in [1.29, 1.82) is 0 Å². The maximum atomic E-state index is 12.3. The number of nitrogens with zero attached hydrogens (tertiary/aromatic N) is 2. The minimum absolute atomic E-state index is 0.0676. The Balaban J connectivity index is 5.19. The average Bonchev–Trinajstić information content (AvgIpc) is 2.83. The fraction of sp³-hybridized carbons (Fsp3) is 0.793. The topological polar surface area (TPSA) is 59.1 Å². The quantitative estimate of drug-likeness (QED) is 0.136. The van der Waals surface area contributed by atoms with Gasteiger partial charge >= 0.3 is 0 Å². The van der Waals surface area contributed by atoms with E-state index < -0.39 is 5.41 Å². The van der Waals surface area contributed by atoms with Gasteiger partial charge in [-0.2, -0.15) is 0 Å². The van der Waals surface area contributed by atoms with Gasteiger partial charge in [-0.05, 0) is 25.7 Å². The fourth-order valence-corrected chi connectivity index (χ4v) is 3.59. The molecule has 0 spiro atoms. The molecule has 0 unspecified atom stereocenters. The molecule has 2 amide bonds. The van der Waals surface area contributed by atoms with Gasteiger partial charge in [-0.3, -0.25) is 9.59 Å². The lowest BCUT2D eigenvalue weighted by atomic mass is 9.82. The molecule has 0 saturated heterocycles. The van der Waals surface area contributed by atoms with Crippen molar-refractivity contribution in [1.82, 2.24) is 9.80 Å². The molecular formula is C29H54N2O4. The van der Waals surface area contributed by atoms with E-state index >= 15 is 0 Å². The highest BCUT2D eigenvalue weighted by atomic mass is 16.5. The number of hydrogen-bond acceptors (Lipinski definition) is 4. The van der Waals surface area contributed by atoms with Crippen LogP contribution in [0.15, 0.2) is 24.3 Å². The van der Waals surface area contributed by atoms with Crippen LogP contribution in [-0.2, 0) is 19.1 Å². The van der Waals surface area contributed by atoms with Crippen LogP contribution in [0.3, 0.4) is 0 Å². The van der Waals surface area contributed by atoms with E-state index in [1.165, 1.54) is 32.1 Å². The first kappa shape index (κ1) is 33.3. The Morgan fingerprint density at radius 1 is 0.629 bits per heavy atom. The van der Waals surface area contributed by atoms with Gasteiger partial charge in [0.25, 0.3) is 0 Å². The largest absolute Gasteiger partial charge is 0.381 e. The first-order valence-electron chi connectivity index (χ1n) is 13.7. The molecule has 6 heteroatoms. The van der Waals surface area contributed by atoms with Crippen LogP contribution < -0.4 is 0 Å². The molecule has 0 atom stereocenters. The van der Waals surface area contributed by atoms with E-state index in [-0.39, 0.29) is 11.8 Å². The molecule has 0 radical (unpaired) electrons. The van der Waals surface area contributed by atoms with Crippen molar-refractivity contribution in [2.45, 2.75) is 90.9 Å². The molecule has 0 aliphatic heterocycles. The molecule has 6 nitrogen and oxygen atoms in total. The number of carbonyl (C=O) groups excluding carboxylic acids is 2. The third kappa shape index (κ3) is 18.3. The number of hydrogen-bond donors (Lipinski definition) is 0. The zero-order valence-electron chi connectivity index (χ0n) is 23.7. The molecule has 35 heavy (non-hydrogen) atoms. The highest BCUT2D eigenvalue weighted by Gasteiger charge is 2.25. The maximum Gasteiger partial charge on any atom is 0.245 e.